The second-order valence-corrected chi connectivity index (χ2v) is 5.86. The number of hydrogen-bond donors (Lipinski definition) is 1. The smallest absolute Gasteiger partial charge is 0.408 e. The van der Waals surface area contributed by atoms with E-state index in [1.54, 1.807) is 11.8 Å². The summed E-state index contributed by atoms with van der Waals surface area (Å²) in [6, 6.07) is 9.61. The van der Waals surface area contributed by atoms with Gasteiger partial charge in [-0.25, -0.2) is 4.79 Å². The predicted octanol–water partition coefficient (Wildman–Crippen LogP) is 2.57. The molecule has 0 bridgehead atoms. The molecule has 2 amide bonds. The molecule has 0 atom stereocenters. The number of carboxylic acid groups (broad SMARTS) is 1. The molecular formula is C16H22N2O3. The Hall–Kier alpha value is -2.04. The lowest BCUT2D eigenvalue weighted by molar-refractivity contribution is -0.131. The van der Waals surface area contributed by atoms with Crippen LogP contribution in [0.3, 0.4) is 0 Å². The second-order valence-electron chi connectivity index (χ2n) is 5.86. The molecule has 5 heteroatoms. The maximum atomic E-state index is 11.7. The van der Waals surface area contributed by atoms with Crippen molar-refractivity contribution in [1.29, 1.82) is 0 Å². The zero-order chi connectivity index (χ0) is 15.5. The molecule has 1 saturated heterocycles. The zero-order valence-electron chi connectivity index (χ0n) is 12.6. The molecule has 0 saturated carbocycles. The summed E-state index contributed by atoms with van der Waals surface area (Å²) >= 11 is 0. The van der Waals surface area contributed by atoms with E-state index < -0.39 is 11.6 Å². The Morgan fingerprint density at radius 3 is 2.29 bits per heavy atom. The third kappa shape index (κ3) is 3.54. The highest BCUT2D eigenvalue weighted by Gasteiger charge is 2.38. The van der Waals surface area contributed by atoms with Crippen LogP contribution in [0.5, 0.6) is 0 Å². The first-order valence-corrected chi connectivity index (χ1v) is 7.22. The lowest BCUT2D eigenvalue weighted by Crippen LogP contribution is -2.55. The second kappa shape index (κ2) is 6.16. The van der Waals surface area contributed by atoms with Gasteiger partial charge in [0.05, 0.1) is 0 Å². The summed E-state index contributed by atoms with van der Waals surface area (Å²) in [5, 5.41) is 9.57. The number of hydrogen-bond acceptors (Lipinski definition) is 2. The number of benzene rings is 1. The first kappa shape index (κ1) is 15.4. The van der Waals surface area contributed by atoms with Crippen LogP contribution in [-0.2, 0) is 11.3 Å². The van der Waals surface area contributed by atoms with E-state index in [2.05, 4.69) is 0 Å². The van der Waals surface area contributed by atoms with Crippen LogP contribution in [-0.4, -0.2) is 45.5 Å². The molecule has 1 aromatic carbocycles. The molecule has 1 N–H and O–H groups in total. The fourth-order valence-corrected chi connectivity index (χ4v) is 2.83. The van der Waals surface area contributed by atoms with E-state index >= 15 is 0 Å². The SMILES string of the molecule is CC(=O)N1CCC(C)(N(Cc2ccccc2)C(=O)O)CC1. The van der Waals surface area contributed by atoms with Crippen molar-refractivity contribution in [2.45, 2.75) is 38.8 Å². The molecule has 21 heavy (non-hydrogen) atoms. The Labute approximate surface area is 125 Å². The molecule has 1 fully saturated rings. The number of amides is 2. The highest BCUT2D eigenvalue weighted by atomic mass is 16.4. The predicted molar refractivity (Wildman–Crippen MR) is 79.9 cm³/mol. The molecule has 5 nitrogen and oxygen atoms in total. The van der Waals surface area contributed by atoms with Crippen LogP contribution in [0.1, 0.15) is 32.3 Å². The van der Waals surface area contributed by atoms with Crippen LogP contribution in [0, 0.1) is 0 Å². The largest absolute Gasteiger partial charge is 0.465 e. The minimum Gasteiger partial charge on any atom is -0.465 e. The molecule has 0 spiro atoms. The summed E-state index contributed by atoms with van der Waals surface area (Å²) in [4.78, 5) is 26.4. The van der Waals surface area contributed by atoms with Crippen LogP contribution in [0.15, 0.2) is 30.3 Å². The molecule has 1 aliphatic heterocycles. The molecule has 0 unspecified atom stereocenters. The average molecular weight is 290 g/mol. The van der Waals surface area contributed by atoms with Gasteiger partial charge in [-0.1, -0.05) is 30.3 Å². The summed E-state index contributed by atoms with van der Waals surface area (Å²) in [5.41, 5.74) is 0.559. The van der Waals surface area contributed by atoms with E-state index in [1.807, 2.05) is 37.3 Å². The molecule has 0 aliphatic carbocycles. The maximum absolute atomic E-state index is 11.7. The van der Waals surface area contributed by atoms with Gasteiger partial charge in [0.25, 0.3) is 0 Å². The highest BCUT2D eigenvalue weighted by molar-refractivity contribution is 5.73. The fraction of sp³-hybridized carbons (Fsp3) is 0.500. The van der Waals surface area contributed by atoms with Crippen molar-refractivity contribution in [3.05, 3.63) is 35.9 Å². The number of carbonyl (C=O) groups is 2. The summed E-state index contributed by atoms with van der Waals surface area (Å²) < 4.78 is 0. The third-order valence-corrected chi connectivity index (χ3v) is 4.35. The minimum absolute atomic E-state index is 0.0574. The van der Waals surface area contributed by atoms with Crippen LogP contribution in [0.4, 0.5) is 4.79 Å². The summed E-state index contributed by atoms with van der Waals surface area (Å²) in [6.45, 7) is 5.14. The number of piperidine rings is 1. The molecule has 114 valence electrons. The van der Waals surface area contributed by atoms with Crippen molar-refractivity contribution in [3.63, 3.8) is 0 Å². The minimum atomic E-state index is -0.905. The highest BCUT2D eigenvalue weighted by Crippen LogP contribution is 2.30. The van der Waals surface area contributed by atoms with Crippen LogP contribution in [0.25, 0.3) is 0 Å². The number of likely N-dealkylation sites (tertiary alicyclic amines) is 1. The molecule has 0 radical (unpaired) electrons. The van der Waals surface area contributed by atoms with Crippen molar-refractivity contribution >= 4 is 12.0 Å². The van der Waals surface area contributed by atoms with Crippen molar-refractivity contribution in [1.82, 2.24) is 9.80 Å². The van der Waals surface area contributed by atoms with E-state index in [0.29, 0.717) is 32.5 Å². The van der Waals surface area contributed by atoms with E-state index in [4.69, 9.17) is 0 Å². The van der Waals surface area contributed by atoms with Gasteiger partial charge >= 0.3 is 6.09 Å². The van der Waals surface area contributed by atoms with Crippen molar-refractivity contribution in [2.24, 2.45) is 0 Å². The van der Waals surface area contributed by atoms with Gasteiger partial charge in [-0.15, -0.1) is 0 Å². The van der Waals surface area contributed by atoms with Gasteiger partial charge in [-0.2, -0.15) is 0 Å². The summed E-state index contributed by atoms with van der Waals surface area (Å²) in [7, 11) is 0. The molecule has 1 aromatic rings. The van der Waals surface area contributed by atoms with Crippen LogP contribution < -0.4 is 0 Å². The first-order chi connectivity index (χ1) is 9.92. The van der Waals surface area contributed by atoms with E-state index in [1.165, 1.54) is 4.90 Å². The summed E-state index contributed by atoms with van der Waals surface area (Å²) in [6.07, 6.45) is 0.440. The Kier molecular flexibility index (Phi) is 4.50. The van der Waals surface area contributed by atoms with E-state index in [9.17, 15) is 14.7 Å². The van der Waals surface area contributed by atoms with Gasteiger partial charge in [0.2, 0.25) is 5.91 Å². The third-order valence-electron chi connectivity index (χ3n) is 4.35. The van der Waals surface area contributed by atoms with Gasteiger partial charge < -0.3 is 10.0 Å². The molecule has 2 rings (SSSR count). The number of nitrogens with zero attached hydrogens (tertiary/aromatic N) is 2. The van der Waals surface area contributed by atoms with Crippen molar-refractivity contribution in [3.8, 4) is 0 Å². The van der Waals surface area contributed by atoms with Gasteiger partial charge in [0, 0.05) is 32.1 Å². The lowest BCUT2D eigenvalue weighted by atomic mass is 9.87. The Balaban J connectivity index is 2.11. The lowest BCUT2D eigenvalue weighted by Gasteiger charge is -2.45. The topological polar surface area (TPSA) is 60.9 Å². The first-order valence-electron chi connectivity index (χ1n) is 7.22. The number of rotatable bonds is 3. The van der Waals surface area contributed by atoms with Crippen LogP contribution >= 0.6 is 0 Å². The van der Waals surface area contributed by atoms with Crippen molar-refractivity contribution < 1.29 is 14.7 Å². The summed E-state index contributed by atoms with van der Waals surface area (Å²) in [5.74, 6) is 0.0574. The average Bonchev–Trinajstić information content (AvgIpc) is 2.46. The van der Waals surface area contributed by atoms with Gasteiger partial charge in [-0.3, -0.25) is 9.69 Å². The Morgan fingerprint density at radius 1 is 1.24 bits per heavy atom. The Bertz CT molecular complexity index is 508. The number of carbonyl (C=O) groups excluding carboxylic acids is 1. The van der Waals surface area contributed by atoms with Gasteiger partial charge in [-0.05, 0) is 25.3 Å². The quantitative estimate of drug-likeness (QED) is 0.930. The fourth-order valence-electron chi connectivity index (χ4n) is 2.83. The normalized spacial score (nSPS) is 17.3. The standard InChI is InChI=1S/C16H22N2O3/c1-13(19)17-10-8-16(2,9-11-17)18(15(20)21)12-14-6-4-3-5-7-14/h3-7H,8-12H2,1-2H3,(H,20,21). The molecule has 1 aliphatic rings. The molecule has 0 aromatic heterocycles. The monoisotopic (exact) mass is 290 g/mol. The van der Waals surface area contributed by atoms with Gasteiger partial charge in [0.1, 0.15) is 0 Å². The Morgan fingerprint density at radius 2 is 1.81 bits per heavy atom. The molecule has 1 heterocycles. The van der Waals surface area contributed by atoms with Crippen molar-refractivity contribution in [2.75, 3.05) is 13.1 Å². The zero-order valence-corrected chi connectivity index (χ0v) is 12.6. The molecular weight excluding hydrogens is 268 g/mol. The van der Waals surface area contributed by atoms with E-state index in [-0.39, 0.29) is 5.91 Å². The van der Waals surface area contributed by atoms with Gasteiger partial charge in [0.15, 0.2) is 0 Å². The van der Waals surface area contributed by atoms with Crippen LogP contribution in [0.2, 0.25) is 0 Å². The maximum Gasteiger partial charge on any atom is 0.408 e. The van der Waals surface area contributed by atoms with E-state index in [0.717, 1.165) is 5.56 Å².